The number of hydrogen-bond donors (Lipinski definition) is 2. The SMILES string of the molecule is CSC(=Nc1ccccc1C(=O)Nc1ccc(OC(F)(F)F)cc1)NC#N. The van der Waals surface area contributed by atoms with Gasteiger partial charge >= 0.3 is 6.36 Å². The molecule has 10 heteroatoms. The van der Waals surface area contributed by atoms with Crippen LogP contribution < -0.4 is 15.4 Å². The van der Waals surface area contributed by atoms with E-state index in [1.807, 2.05) is 0 Å². The van der Waals surface area contributed by atoms with Gasteiger partial charge in [0.2, 0.25) is 0 Å². The highest BCUT2D eigenvalue weighted by molar-refractivity contribution is 8.13. The highest BCUT2D eigenvalue weighted by Gasteiger charge is 2.30. The third-order valence-corrected chi connectivity index (χ3v) is 3.65. The Morgan fingerprint density at radius 3 is 2.44 bits per heavy atom. The number of halogens is 3. The van der Waals surface area contributed by atoms with E-state index < -0.39 is 18.0 Å². The molecule has 0 radical (unpaired) electrons. The zero-order valence-electron chi connectivity index (χ0n) is 13.9. The van der Waals surface area contributed by atoms with Crippen LogP contribution in [0.5, 0.6) is 5.75 Å². The highest BCUT2D eigenvalue weighted by Crippen LogP contribution is 2.25. The number of amidine groups is 1. The van der Waals surface area contributed by atoms with E-state index in [0.29, 0.717) is 10.9 Å². The third kappa shape index (κ3) is 6.23. The quantitative estimate of drug-likeness (QED) is 0.350. The van der Waals surface area contributed by atoms with Crippen LogP contribution in [-0.2, 0) is 0 Å². The molecule has 140 valence electrons. The molecule has 0 aliphatic carbocycles. The summed E-state index contributed by atoms with van der Waals surface area (Å²) >= 11 is 1.20. The zero-order valence-corrected chi connectivity index (χ0v) is 14.7. The number of carbonyl (C=O) groups excluding carboxylic acids is 1. The number of benzene rings is 2. The van der Waals surface area contributed by atoms with Crippen LogP contribution in [0.4, 0.5) is 24.5 Å². The third-order valence-electron chi connectivity index (χ3n) is 3.07. The molecule has 2 aromatic carbocycles. The van der Waals surface area contributed by atoms with Crippen LogP contribution in [-0.4, -0.2) is 23.7 Å². The zero-order chi connectivity index (χ0) is 19.9. The molecule has 0 saturated carbocycles. The van der Waals surface area contributed by atoms with Crippen LogP contribution in [0.3, 0.4) is 0 Å². The summed E-state index contributed by atoms with van der Waals surface area (Å²) in [6.07, 6.45) is -1.31. The number of aliphatic imine (C=N–C) groups is 1. The van der Waals surface area contributed by atoms with E-state index in [0.717, 1.165) is 12.1 Å². The minimum atomic E-state index is -4.78. The molecule has 2 aromatic rings. The normalized spacial score (nSPS) is 11.4. The number of hydrogen-bond acceptors (Lipinski definition) is 5. The molecule has 0 unspecified atom stereocenters. The summed E-state index contributed by atoms with van der Waals surface area (Å²) in [5.74, 6) is -0.895. The van der Waals surface area contributed by atoms with Crippen LogP contribution in [0.25, 0.3) is 0 Å². The molecule has 27 heavy (non-hydrogen) atoms. The van der Waals surface area contributed by atoms with Crippen molar-refractivity contribution in [3.8, 4) is 11.9 Å². The largest absolute Gasteiger partial charge is 0.573 e. The molecule has 0 fully saturated rings. The van der Waals surface area contributed by atoms with Crippen molar-refractivity contribution in [2.24, 2.45) is 4.99 Å². The Morgan fingerprint density at radius 1 is 1.19 bits per heavy atom. The van der Waals surface area contributed by atoms with Crippen molar-refractivity contribution in [2.45, 2.75) is 6.36 Å². The number of nitriles is 1. The molecule has 0 spiro atoms. The van der Waals surface area contributed by atoms with Crippen molar-refractivity contribution in [2.75, 3.05) is 11.6 Å². The van der Waals surface area contributed by atoms with Gasteiger partial charge in [0.25, 0.3) is 5.91 Å². The Labute approximate surface area is 157 Å². The second-order valence-electron chi connectivity index (χ2n) is 4.90. The molecule has 0 bridgehead atoms. The fourth-order valence-corrected chi connectivity index (χ4v) is 2.32. The number of thioether (sulfide) groups is 1. The topological polar surface area (TPSA) is 86.5 Å². The molecular formula is C17H13F3N4O2S. The number of amides is 1. The summed E-state index contributed by atoms with van der Waals surface area (Å²) in [5, 5.41) is 14.0. The highest BCUT2D eigenvalue weighted by atomic mass is 32.2. The summed E-state index contributed by atoms with van der Waals surface area (Å²) in [5.41, 5.74) is 0.854. The number of rotatable bonds is 4. The molecule has 0 atom stereocenters. The smallest absolute Gasteiger partial charge is 0.406 e. The first kappa shape index (κ1) is 20.1. The van der Waals surface area contributed by atoms with E-state index in [2.05, 4.69) is 20.4 Å². The fourth-order valence-electron chi connectivity index (χ4n) is 1.98. The van der Waals surface area contributed by atoms with Gasteiger partial charge in [-0.1, -0.05) is 23.9 Å². The minimum absolute atomic E-state index is 0.236. The lowest BCUT2D eigenvalue weighted by molar-refractivity contribution is -0.274. The summed E-state index contributed by atoms with van der Waals surface area (Å²) in [6, 6.07) is 11.2. The van der Waals surface area contributed by atoms with E-state index in [9.17, 15) is 18.0 Å². The molecule has 0 aliphatic heterocycles. The van der Waals surface area contributed by atoms with Gasteiger partial charge in [-0.15, -0.1) is 13.2 Å². The molecule has 0 heterocycles. The van der Waals surface area contributed by atoms with E-state index in [4.69, 9.17) is 5.26 Å². The minimum Gasteiger partial charge on any atom is -0.406 e. The molecule has 1 amide bonds. The van der Waals surface area contributed by atoms with Gasteiger partial charge in [-0.05, 0) is 42.7 Å². The van der Waals surface area contributed by atoms with Crippen LogP contribution in [0.1, 0.15) is 10.4 Å². The van der Waals surface area contributed by atoms with E-state index in [1.165, 1.54) is 23.9 Å². The molecular weight excluding hydrogens is 381 g/mol. The number of anilines is 1. The van der Waals surface area contributed by atoms with E-state index in [1.54, 1.807) is 36.7 Å². The summed E-state index contributed by atoms with van der Waals surface area (Å²) < 4.78 is 40.3. The average Bonchev–Trinajstić information content (AvgIpc) is 2.62. The number of nitrogens with zero attached hydrogens (tertiary/aromatic N) is 2. The first-order chi connectivity index (χ1) is 12.8. The number of alkyl halides is 3. The van der Waals surface area contributed by atoms with Gasteiger partial charge in [-0.25, -0.2) is 4.99 Å². The van der Waals surface area contributed by atoms with Gasteiger partial charge in [0.05, 0.1) is 11.3 Å². The maximum Gasteiger partial charge on any atom is 0.573 e. The molecule has 0 saturated heterocycles. The summed E-state index contributed by atoms with van der Waals surface area (Å²) in [6.45, 7) is 0. The Kier molecular flexibility index (Phi) is 6.67. The van der Waals surface area contributed by atoms with Crippen molar-refractivity contribution >= 4 is 34.2 Å². The Balaban J connectivity index is 2.18. The van der Waals surface area contributed by atoms with Gasteiger partial charge in [0.15, 0.2) is 11.4 Å². The van der Waals surface area contributed by atoms with Gasteiger partial charge in [0.1, 0.15) is 5.75 Å². The number of para-hydroxylation sites is 1. The van der Waals surface area contributed by atoms with Crippen LogP contribution in [0.15, 0.2) is 53.5 Å². The molecule has 0 aromatic heterocycles. The maximum atomic E-state index is 12.5. The second kappa shape index (κ2) is 8.95. The Bertz CT molecular complexity index is 877. The van der Waals surface area contributed by atoms with Crippen LogP contribution in [0, 0.1) is 11.5 Å². The molecule has 0 aliphatic rings. The van der Waals surface area contributed by atoms with E-state index in [-0.39, 0.29) is 11.3 Å². The van der Waals surface area contributed by atoms with Crippen molar-refractivity contribution in [3.63, 3.8) is 0 Å². The van der Waals surface area contributed by atoms with Crippen LogP contribution >= 0.6 is 11.8 Å². The van der Waals surface area contributed by atoms with Gasteiger partial charge in [-0.2, -0.15) is 5.26 Å². The van der Waals surface area contributed by atoms with Gasteiger partial charge in [0, 0.05) is 5.69 Å². The first-order valence-corrected chi connectivity index (χ1v) is 8.59. The lowest BCUT2D eigenvalue weighted by Gasteiger charge is -2.11. The second-order valence-corrected chi connectivity index (χ2v) is 5.70. The standard InChI is InChI=1S/C17H13F3N4O2S/c1-27-16(22-10-21)24-14-5-3-2-4-13(14)15(25)23-11-6-8-12(9-7-11)26-17(18,19)20/h2-9H,1H3,(H,22,24)(H,23,25). The fraction of sp³-hybridized carbons (Fsp3) is 0.118. The van der Waals surface area contributed by atoms with Crippen molar-refractivity contribution in [3.05, 3.63) is 54.1 Å². The predicted octanol–water partition coefficient (Wildman–Crippen LogP) is 4.26. The maximum absolute atomic E-state index is 12.5. The molecule has 2 rings (SSSR count). The monoisotopic (exact) mass is 394 g/mol. The van der Waals surface area contributed by atoms with Crippen molar-refractivity contribution in [1.82, 2.24) is 5.32 Å². The van der Waals surface area contributed by atoms with E-state index >= 15 is 0 Å². The Morgan fingerprint density at radius 2 is 1.85 bits per heavy atom. The number of nitrogens with one attached hydrogen (secondary N) is 2. The average molecular weight is 394 g/mol. The summed E-state index contributed by atoms with van der Waals surface area (Å²) in [4.78, 5) is 16.7. The van der Waals surface area contributed by atoms with Gasteiger partial charge < -0.3 is 10.1 Å². The first-order valence-electron chi connectivity index (χ1n) is 7.36. The number of carbonyl (C=O) groups is 1. The predicted molar refractivity (Wildman–Crippen MR) is 96.9 cm³/mol. The number of ether oxygens (including phenoxy) is 1. The Hall–Kier alpha value is -3.19. The van der Waals surface area contributed by atoms with Gasteiger partial charge in [-0.3, -0.25) is 10.1 Å². The molecule has 2 N–H and O–H groups in total. The molecule has 6 nitrogen and oxygen atoms in total. The lowest BCUT2D eigenvalue weighted by atomic mass is 10.1. The lowest BCUT2D eigenvalue weighted by Crippen LogP contribution is -2.17. The summed E-state index contributed by atoms with van der Waals surface area (Å²) in [7, 11) is 0. The van der Waals surface area contributed by atoms with Crippen molar-refractivity contribution in [1.29, 1.82) is 5.26 Å². The van der Waals surface area contributed by atoms with Crippen LogP contribution in [0.2, 0.25) is 0 Å². The van der Waals surface area contributed by atoms with Crippen molar-refractivity contribution < 1.29 is 22.7 Å².